The topological polar surface area (TPSA) is 46.5 Å². The zero-order valence-corrected chi connectivity index (χ0v) is 11.6. The monoisotopic (exact) mass is 280 g/mol. The fraction of sp³-hybridized carbons (Fsp3) is 0.167. The summed E-state index contributed by atoms with van der Waals surface area (Å²) in [4.78, 5) is 10.3. The van der Waals surface area contributed by atoms with Crippen molar-refractivity contribution in [2.45, 2.75) is 6.42 Å². The molecule has 0 amide bonds. The van der Waals surface area contributed by atoms with E-state index in [0.717, 1.165) is 16.7 Å². The largest absolute Gasteiger partial charge is 0.480 e. The predicted octanol–water partition coefficient (Wildman–Crippen LogP) is 2.73. The summed E-state index contributed by atoms with van der Waals surface area (Å²) in [5.74, 6) is 5.27. The number of carboxylic acids is 1. The van der Waals surface area contributed by atoms with Gasteiger partial charge in [0.05, 0.1) is 6.61 Å². The molecule has 0 radical (unpaired) electrons. The first-order valence-corrected chi connectivity index (χ1v) is 6.69. The Morgan fingerprint density at radius 1 is 0.952 bits per heavy atom. The van der Waals surface area contributed by atoms with Crippen molar-refractivity contribution in [2.75, 3.05) is 13.2 Å². The second-order valence-electron chi connectivity index (χ2n) is 4.51. The van der Waals surface area contributed by atoms with E-state index in [4.69, 9.17) is 9.84 Å². The maximum absolute atomic E-state index is 10.3. The Bertz CT molecular complexity index is 634. The van der Waals surface area contributed by atoms with Crippen molar-refractivity contribution in [1.82, 2.24) is 0 Å². The number of rotatable bonds is 5. The summed E-state index contributed by atoms with van der Waals surface area (Å²) in [6, 6.07) is 17.7. The summed E-state index contributed by atoms with van der Waals surface area (Å²) < 4.78 is 5.01. The van der Waals surface area contributed by atoms with Crippen LogP contribution in [0.3, 0.4) is 0 Å². The number of ether oxygens (including phenoxy) is 1. The highest BCUT2D eigenvalue weighted by Crippen LogP contribution is 2.05. The van der Waals surface area contributed by atoms with Crippen LogP contribution in [0.4, 0.5) is 0 Å². The summed E-state index contributed by atoms with van der Waals surface area (Å²) >= 11 is 0. The molecule has 0 unspecified atom stereocenters. The van der Waals surface area contributed by atoms with E-state index in [1.54, 1.807) is 0 Å². The third-order valence-electron chi connectivity index (χ3n) is 2.84. The lowest BCUT2D eigenvalue weighted by Crippen LogP contribution is -2.08. The molecular formula is C18H16O3. The van der Waals surface area contributed by atoms with Gasteiger partial charge >= 0.3 is 5.97 Å². The number of aliphatic carboxylic acids is 1. The average Bonchev–Trinajstić information content (AvgIpc) is 2.51. The van der Waals surface area contributed by atoms with Gasteiger partial charge in [-0.1, -0.05) is 42.2 Å². The normalized spacial score (nSPS) is 9.71. The highest BCUT2D eigenvalue weighted by atomic mass is 16.5. The number of hydrogen-bond donors (Lipinski definition) is 1. The maximum atomic E-state index is 10.3. The van der Waals surface area contributed by atoms with Crippen molar-refractivity contribution in [3.05, 3.63) is 71.3 Å². The van der Waals surface area contributed by atoms with E-state index in [9.17, 15) is 4.79 Å². The van der Waals surface area contributed by atoms with Crippen LogP contribution in [-0.4, -0.2) is 24.3 Å². The molecule has 0 aliphatic heterocycles. The Labute approximate surface area is 124 Å². The molecular weight excluding hydrogens is 264 g/mol. The highest BCUT2D eigenvalue weighted by Gasteiger charge is 1.97. The standard InChI is InChI=1S/C18H16O3/c19-18(20)14-21-13-12-17-10-8-16(9-11-17)7-6-15-4-2-1-3-5-15/h1-5,8-11H,12-14H2,(H,19,20). The Morgan fingerprint density at radius 3 is 2.19 bits per heavy atom. The van der Waals surface area contributed by atoms with Crippen molar-refractivity contribution in [3.63, 3.8) is 0 Å². The van der Waals surface area contributed by atoms with Crippen LogP contribution in [0, 0.1) is 11.8 Å². The van der Waals surface area contributed by atoms with Gasteiger partial charge in [-0.2, -0.15) is 0 Å². The quantitative estimate of drug-likeness (QED) is 0.676. The van der Waals surface area contributed by atoms with Crippen LogP contribution in [0.2, 0.25) is 0 Å². The third-order valence-corrected chi connectivity index (χ3v) is 2.84. The maximum Gasteiger partial charge on any atom is 0.329 e. The van der Waals surface area contributed by atoms with Crippen LogP contribution in [0.15, 0.2) is 54.6 Å². The summed E-state index contributed by atoms with van der Waals surface area (Å²) in [7, 11) is 0. The SMILES string of the molecule is O=C(O)COCCc1ccc(C#Cc2ccccc2)cc1. The first-order chi connectivity index (χ1) is 10.2. The Hall–Kier alpha value is -2.57. The average molecular weight is 280 g/mol. The minimum atomic E-state index is -0.943. The molecule has 0 bridgehead atoms. The van der Waals surface area contributed by atoms with Crippen molar-refractivity contribution in [2.24, 2.45) is 0 Å². The molecule has 0 aliphatic carbocycles. The Morgan fingerprint density at radius 2 is 1.57 bits per heavy atom. The van der Waals surface area contributed by atoms with Gasteiger partial charge in [-0.15, -0.1) is 0 Å². The molecule has 0 heterocycles. The van der Waals surface area contributed by atoms with Gasteiger partial charge in [-0.3, -0.25) is 0 Å². The van der Waals surface area contributed by atoms with E-state index < -0.39 is 5.97 Å². The van der Waals surface area contributed by atoms with Gasteiger partial charge in [0.15, 0.2) is 0 Å². The predicted molar refractivity (Wildman–Crippen MR) is 81.0 cm³/mol. The van der Waals surface area contributed by atoms with Crippen LogP contribution >= 0.6 is 0 Å². The van der Waals surface area contributed by atoms with E-state index in [1.807, 2.05) is 54.6 Å². The minimum absolute atomic E-state index is 0.249. The van der Waals surface area contributed by atoms with E-state index in [1.165, 1.54) is 0 Å². The molecule has 3 heteroatoms. The first kappa shape index (κ1) is 14.8. The highest BCUT2D eigenvalue weighted by molar-refractivity contribution is 5.67. The third kappa shape index (κ3) is 5.52. The zero-order chi connectivity index (χ0) is 14.9. The van der Waals surface area contributed by atoms with Crippen molar-refractivity contribution in [3.8, 4) is 11.8 Å². The zero-order valence-electron chi connectivity index (χ0n) is 11.6. The number of carbonyl (C=O) groups is 1. The number of hydrogen-bond acceptors (Lipinski definition) is 2. The molecule has 2 rings (SSSR count). The molecule has 1 N–H and O–H groups in total. The molecule has 0 atom stereocenters. The fourth-order valence-corrected chi connectivity index (χ4v) is 1.77. The van der Waals surface area contributed by atoms with Gasteiger partial charge < -0.3 is 9.84 Å². The molecule has 0 aromatic heterocycles. The van der Waals surface area contributed by atoms with Gasteiger partial charge in [0.25, 0.3) is 0 Å². The van der Waals surface area contributed by atoms with Crippen LogP contribution in [-0.2, 0) is 16.0 Å². The van der Waals surface area contributed by atoms with E-state index in [0.29, 0.717) is 13.0 Å². The lowest BCUT2D eigenvalue weighted by Gasteiger charge is -2.02. The summed E-state index contributed by atoms with van der Waals surface area (Å²) in [6.45, 7) is 0.155. The molecule has 2 aromatic carbocycles. The first-order valence-electron chi connectivity index (χ1n) is 6.69. The van der Waals surface area contributed by atoms with E-state index in [-0.39, 0.29) is 6.61 Å². The number of carboxylic acid groups (broad SMARTS) is 1. The second kappa shape index (κ2) is 7.88. The van der Waals surface area contributed by atoms with Crippen LogP contribution in [0.5, 0.6) is 0 Å². The minimum Gasteiger partial charge on any atom is -0.480 e. The van der Waals surface area contributed by atoms with Crippen molar-refractivity contribution < 1.29 is 14.6 Å². The Balaban J connectivity index is 1.88. The van der Waals surface area contributed by atoms with Gasteiger partial charge in [0.1, 0.15) is 6.61 Å². The van der Waals surface area contributed by atoms with E-state index in [2.05, 4.69) is 11.8 Å². The molecule has 106 valence electrons. The summed E-state index contributed by atoms with van der Waals surface area (Å²) in [6.07, 6.45) is 0.694. The van der Waals surface area contributed by atoms with Crippen LogP contribution < -0.4 is 0 Å². The van der Waals surface area contributed by atoms with Gasteiger partial charge in [-0.05, 0) is 36.2 Å². The van der Waals surface area contributed by atoms with Crippen molar-refractivity contribution >= 4 is 5.97 Å². The summed E-state index contributed by atoms with van der Waals surface area (Å²) in [5.41, 5.74) is 3.04. The van der Waals surface area contributed by atoms with Crippen LogP contribution in [0.1, 0.15) is 16.7 Å². The molecule has 21 heavy (non-hydrogen) atoms. The smallest absolute Gasteiger partial charge is 0.329 e. The molecule has 0 saturated carbocycles. The molecule has 0 fully saturated rings. The molecule has 3 nitrogen and oxygen atoms in total. The fourth-order valence-electron chi connectivity index (χ4n) is 1.77. The lowest BCUT2D eigenvalue weighted by atomic mass is 10.1. The van der Waals surface area contributed by atoms with Crippen molar-refractivity contribution in [1.29, 1.82) is 0 Å². The second-order valence-corrected chi connectivity index (χ2v) is 4.51. The molecule has 2 aromatic rings. The van der Waals surface area contributed by atoms with Gasteiger partial charge in [0.2, 0.25) is 0 Å². The van der Waals surface area contributed by atoms with Gasteiger partial charge in [0, 0.05) is 11.1 Å². The molecule has 0 aliphatic rings. The molecule has 0 saturated heterocycles. The molecule has 0 spiro atoms. The van der Waals surface area contributed by atoms with E-state index >= 15 is 0 Å². The summed E-state index contributed by atoms with van der Waals surface area (Å²) in [5, 5.41) is 8.46. The Kier molecular flexibility index (Phi) is 5.57. The van der Waals surface area contributed by atoms with Crippen LogP contribution in [0.25, 0.3) is 0 Å². The number of benzene rings is 2. The lowest BCUT2D eigenvalue weighted by molar-refractivity contribution is -0.142. The van der Waals surface area contributed by atoms with Gasteiger partial charge in [-0.25, -0.2) is 4.79 Å².